The molecule has 1 fully saturated rings. The van der Waals surface area contributed by atoms with Crippen LogP contribution < -0.4 is 15.4 Å². The summed E-state index contributed by atoms with van der Waals surface area (Å²) in [5, 5.41) is 4.93. The van der Waals surface area contributed by atoms with Gasteiger partial charge in [-0.05, 0) is 53.6 Å². The molecule has 0 aliphatic carbocycles. The van der Waals surface area contributed by atoms with E-state index in [0.29, 0.717) is 30.8 Å². The first-order chi connectivity index (χ1) is 21.4. The van der Waals surface area contributed by atoms with Crippen LogP contribution in [0.1, 0.15) is 83.9 Å². The van der Waals surface area contributed by atoms with Crippen molar-refractivity contribution in [3.63, 3.8) is 0 Å². The molecule has 1 saturated heterocycles. The number of carbonyl (C=O) groups is 6. The van der Waals surface area contributed by atoms with Crippen LogP contribution in [0.15, 0.2) is 36.4 Å². The zero-order valence-electron chi connectivity index (χ0n) is 25.7. The van der Waals surface area contributed by atoms with Gasteiger partial charge in [-0.1, -0.05) is 44.7 Å². The van der Waals surface area contributed by atoms with Gasteiger partial charge >= 0.3 is 0 Å². The number of nitrogens with zero attached hydrogens (tertiary/aromatic N) is 2. The second-order valence-corrected chi connectivity index (χ2v) is 12.6. The number of hydrogen-bond donors (Lipinski definition) is 2. The summed E-state index contributed by atoms with van der Waals surface area (Å²) in [4.78, 5) is 77.9. The van der Waals surface area contributed by atoms with Gasteiger partial charge in [-0.3, -0.25) is 39.0 Å². The lowest BCUT2D eigenvalue weighted by Crippen LogP contribution is -2.54. The van der Waals surface area contributed by atoms with E-state index in [2.05, 4.69) is 22.5 Å². The third-order valence-electron chi connectivity index (χ3n) is 7.86. The van der Waals surface area contributed by atoms with Gasteiger partial charge in [0.1, 0.15) is 11.8 Å². The molecule has 1 atom stereocenters. The van der Waals surface area contributed by atoms with Crippen LogP contribution in [0.5, 0.6) is 5.75 Å². The quantitative estimate of drug-likeness (QED) is 0.278. The van der Waals surface area contributed by atoms with Gasteiger partial charge in [0.05, 0.1) is 11.1 Å². The van der Waals surface area contributed by atoms with Gasteiger partial charge in [0, 0.05) is 44.5 Å². The van der Waals surface area contributed by atoms with Crippen LogP contribution in [0, 0.1) is 17.3 Å². The molecule has 6 amide bonds. The molecule has 5 rings (SSSR count). The summed E-state index contributed by atoms with van der Waals surface area (Å²) in [6.45, 7) is 7.42. The summed E-state index contributed by atoms with van der Waals surface area (Å²) in [7, 11) is 0. The third-order valence-corrected chi connectivity index (χ3v) is 7.86. The molecule has 2 aromatic carbocycles. The second kappa shape index (κ2) is 12.9. The Labute approximate surface area is 261 Å². The molecule has 3 heterocycles. The zero-order chi connectivity index (χ0) is 32.3. The van der Waals surface area contributed by atoms with Gasteiger partial charge in [0.25, 0.3) is 17.7 Å². The summed E-state index contributed by atoms with van der Waals surface area (Å²) < 4.78 is 5.71. The zero-order valence-corrected chi connectivity index (χ0v) is 25.7. The van der Waals surface area contributed by atoms with Crippen molar-refractivity contribution >= 4 is 35.4 Å². The standard InChI is InChI=1S/C34H36N4O7/c1-34(2,3)18-29(41)37-16-14-21-10-11-24(17-23(21)19-37)45-20-28(40)35-15-5-4-7-22-8-6-9-25-30(22)33(44)38(32(25)43)26-12-13-27(39)36-31(26)42/h6,8-11,17,26H,5,12-16,18-20H2,1-3H3,(H,35,40)(H,36,39,42). The molecular formula is C34H36N4O7. The number of carbonyl (C=O) groups excluding carboxylic acids is 6. The number of amides is 6. The number of nitrogens with one attached hydrogen (secondary N) is 2. The molecule has 3 aliphatic rings. The van der Waals surface area contributed by atoms with Crippen molar-refractivity contribution in [2.45, 2.75) is 65.5 Å². The largest absolute Gasteiger partial charge is 0.484 e. The van der Waals surface area contributed by atoms with Crippen LogP contribution in [0.3, 0.4) is 0 Å². The summed E-state index contributed by atoms with van der Waals surface area (Å²) in [5.41, 5.74) is 2.75. The van der Waals surface area contributed by atoms with Crippen LogP contribution in [0.25, 0.3) is 0 Å². The molecule has 2 aromatic rings. The van der Waals surface area contributed by atoms with E-state index in [-0.39, 0.29) is 60.8 Å². The summed E-state index contributed by atoms with van der Waals surface area (Å²) >= 11 is 0. The van der Waals surface area contributed by atoms with Gasteiger partial charge in [0.2, 0.25) is 17.7 Å². The van der Waals surface area contributed by atoms with Gasteiger partial charge in [0.15, 0.2) is 6.61 Å². The molecular weight excluding hydrogens is 576 g/mol. The Bertz CT molecular complexity index is 1650. The predicted molar refractivity (Wildman–Crippen MR) is 163 cm³/mol. The van der Waals surface area contributed by atoms with Crippen LogP contribution in [0.4, 0.5) is 0 Å². The van der Waals surface area contributed by atoms with Crippen molar-refractivity contribution in [3.05, 3.63) is 64.2 Å². The molecule has 1 unspecified atom stereocenters. The normalized spacial score (nSPS) is 17.6. The van der Waals surface area contributed by atoms with Gasteiger partial charge in [-0.15, -0.1) is 0 Å². The number of hydrogen-bond acceptors (Lipinski definition) is 7. The summed E-state index contributed by atoms with van der Waals surface area (Å²) in [6.07, 6.45) is 1.66. The minimum atomic E-state index is -1.05. The number of benzene rings is 2. The minimum absolute atomic E-state index is 0.0410. The molecule has 11 heteroatoms. The van der Waals surface area contributed by atoms with E-state index in [1.807, 2.05) is 43.9 Å². The fourth-order valence-corrected chi connectivity index (χ4v) is 5.64. The average molecular weight is 613 g/mol. The van der Waals surface area contributed by atoms with E-state index in [9.17, 15) is 28.8 Å². The highest BCUT2D eigenvalue weighted by molar-refractivity contribution is 6.24. The topological polar surface area (TPSA) is 142 Å². The van der Waals surface area contributed by atoms with Gasteiger partial charge < -0.3 is 15.0 Å². The third kappa shape index (κ3) is 7.23. The Morgan fingerprint density at radius 2 is 1.84 bits per heavy atom. The SMILES string of the molecule is CC(C)(C)CC(=O)N1CCc2ccc(OCC(=O)NCCC#Cc3cccc4c3C(=O)N(C3CCC(=O)NC3=O)C4=O)cc2C1. The molecule has 45 heavy (non-hydrogen) atoms. The average Bonchev–Trinajstić information content (AvgIpc) is 3.24. The highest BCUT2D eigenvalue weighted by Crippen LogP contribution is 2.30. The Morgan fingerprint density at radius 3 is 2.60 bits per heavy atom. The molecule has 0 bridgehead atoms. The summed E-state index contributed by atoms with van der Waals surface area (Å²) in [6, 6.07) is 9.39. The number of ether oxygens (including phenoxy) is 1. The lowest BCUT2D eigenvalue weighted by atomic mass is 9.90. The van der Waals surface area contributed by atoms with Crippen LogP contribution in [0.2, 0.25) is 0 Å². The van der Waals surface area contributed by atoms with Crippen molar-refractivity contribution in [1.29, 1.82) is 0 Å². The number of piperidine rings is 1. The van der Waals surface area contributed by atoms with Crippen molar-refractivity contribution < 1.29 is 33.5 Å². The Hall–Kier alpha value is -4.98. The number of imide groups is 2. The molecule has 0 spiro atoms. The fourth-order valence-electron chi connectivity index (χ4n) is 5.64. The summed E-state index contributed by atoms with van der Waals surface area (Å²) in [5.74, 6) is 3.87. The Balaban J connectivity index is 1.11. The number of rotatable bonds is 7. The first-order valence-corrected chi connectivity index (χ1v) is 15.0. The molecule has 0 radical (unpaired) electrons. The monoisotopic (exact) mass is 612 g/mol. The van der Waals surface area contributed by atoms with E-state index < -0.39 is 29.7 Å². The molecule has 234 valence electrons. The first kappa shape index (κ1) is 31.4. The Kier molecular flexibility index (Phi) is 9.04. The molecule has 2 N–H and O–H groups in total. The van der Waals surface area contributed by atoms with E-state index >= 15 is 0 Å². The highest BCUT2D eigenvalue weighted by Gasteiger charge is 2.45. The lowest BCUT2D eigenvalue weighted by Gasteiger charge is -2.31. The van der Waals surface area contributed by atoms with Crippen molar-refractivity contribution in [2.75, 3.05) is 19.7 Å². The second-order valence-electron chi connectivity index (χ2n) is 12.6. The van der Waals surface area contributed by atoms with Crippen molar-refractivity contribution in [3.8, 4) is 17.6 Å². The maximum absolute atomic E-state index is 13.2. The van der Waals surface area contributed by atoms with Crippen LogP contribution >= 0.6 is 0 Å². The molecule has 3 aliphatic heterocycles. The Morgan fingerprint density at radius 1 is 1.04 bits per heavy atom. The maximum Gasteiger partial charge on any atom is 0.263 e. The van der Waals surface area contributed by atoms with E-state index in [1.54, 1.807) is 12.1 Å². The first-order valence-electron chi connectivity index (χ1n) is 15.0. The molecule has 11 nitrogen and oxygen atoms in total. The lowest BCUT2D eigenvalue weighted by molar-refractivity contribution is -0.136. The van der Waals surface area contributed by atoms with Crippen molar-refractivity contribution in [2.24, 2.45) is 5.41 Å². The van der Waals surface area contributed by atoms with Gasteiger partial charge in [-0.25, -0.2) is 0 Å². The molecule has 0 aromatic heterocycles. The van der Waals surface area contributed by atoms with Gasteiger partial charge in [-0.2, -0.15) is 0 Å². The molecule has 0 saturated carbocycles. The predicted octanol–water partition coefficient (Wildman–Crippen LogP) is 2.35. The van der Waals surface area contributed by atoms with Crippen LogP contribution in [-0.4, -0.2) is 71.0 Å². The maximum atomic E-state index is 13.2. The van der Waals surface area contributed by atoms with E-state index in [0.717, 1.165) is 16.9 Å². The number of fused-ring (bicyclic) bond motifs is 2. The minimum Gasteiger partial charge on any atom is -0.484 e. The van der Waals surface area contributed by atoms with Crippen LogP contribution in [-0.2, 0) is 32.1 Å². The fraction of sp³-hybridized carbons (Fsp3) is 0.412. The highest BCUT2D eigenvalue weighted by atomic mass is 16.5. The van der Waals surface area contributed by atoms with E-state index in [1.165, 1.54) is 11.6 Å². The smallest absolute Gasteiger partial charge is 0.263 e. The van der Waals surface area contributed by atoms with E-state index in [4.69, 9.17) is 4.74 Å². The van der Waals surface area contributed by atoms with Crippen molar-refractivity contribution in [1.82, 2.24) is 20.4 Å².